The number of hydrogen-bond acceptors (Lipinski definition) is 5. The van der Waals surface area contributed by atoms with Crippen molar-refractivity contribution in [1.82, 2.24) is 15.5 Å². The number of nitrogens with zero attached hydrogens (tertiary/aromatic N) is 2. The average molecular weight is 477 g/mol. The van der Waals surface area contributed by atoms with Crippen LogP contribution in [-0.4, -0.2) is 68.0 Å². The summed E-state index contributed by atoms with van der Waals surface area (Å²) in [5.74, 6) is 0.0680. The van der Waals surface area contributed by atoms with E-state index in [0.717, 1.165) is 0 Å². The second-order valence-electron chi connectivity index (χ2n) is 7.46. The molecule has 0 spiro atoms. The van der Waals surface area contributed by atoms with Crippen molar-refractivity contribution in [3.63, 3.8) is 0 Å². The Morgan fingerprint density at radius 1 is 1.31 bits per heavy atom. The minimum absolute atomic E-state index is 0.0509. The second kappa shape index (κ2) is 11.3. The maximum Gasteiger partial charge on any atom is 0.255 e. The summed E-state index contributed by atoms with van der Waals surface area (Å²) in [5, 5.41) is 7.05. The van der Waals surface area contributed by atoms with Gasteiger partial charge in [0.15, 0.2) is 0 Å². The van der Waals surface area contributed by atoms with Gasteiger partial charge in [-0.05, 0) is 37.3 Å². The Bertz CT molecular complexity index is 979. The van der Waals surface area contributed by atoms with Gasteiger partial charge in [-0.25, -0.2) is 0 Å². The molecule has 0 aromatic heterocycles. The van der Waals surface area contributed by atoms with Crippen LogP contribution in [0.5, 0.6) is 0 Å². The van der Waals surface area contributed by atoms with Gasteiger partial charge in [0.1, 0.15) is 11.9 Å². The molecule has 0 radical (unpaired) electrons. The van der Waals surface area contributed by atoms with Gasteiger partial charge >= 0.3 is 0 Å². The number of methoxy groups -OCH3 is 1. The lowest BCUT2D eigenvalue weighted by molar-refractivity contribution is 0.0799. The fourth-order valence-corrected chi connectivity index (χ4v) is 3.72. The minimum Gasteiger partial charge on any atom is -0.382 e. The summed E-state index contributed by atoms with van der Waals surface area (Å²) in [5.41, 5.74) is 0.707. The van der Waals surface area contributed by atoms with Gasteiger partial charge < -0.3 is 20.3 Å². The molecule has 2 N–H and O–H groups in total. The molecular weight excluding hydrogens is 451 g/mol. The number of hydrogen-bond donors (Lipinski definition) is 2. The molecule has 1 aromatic carbocycles. The molecule has 170 valence electrons. The minimum atomic E-state index is -0.510. The molecule has 1 aromatic rings. The first-order valence-electron chi connectivity index (χ1n) is 10.3. The van der Waals surface area contributed by atoms with E-state index in [2.05, 4.69) is 15.6 Å². The third-order valence-corrected chi connectivity index (χ3v) is 5.60. The van der Waals surface area contributed by atoms with E-state index in [1.807, 2.05) is 31.2 Å². The van der Waals surface area contributed by atoms with Crippen molar-refractivity contribution < 1.29 is 14.3 Å². The van der Waals surface area contributed by atoms with Gasteiger partial charge in [-0.15, -0.1) is 0 Å². The lowest BCUT2D eigenvalue weighted by Crippen LogP contribution is -2.51. The Morgan fingerprint density at radius 3 is 2.75 bits per heavy atom. The number of carbonyl (C=O) groups excluding carboxylic acids is 2. The predicted octanol–water partition coefficient (Wildman–Crippen LogP) is 3.17. The highest BCUT2D eigenvalue weighted by Crippen LogP contribution is 2.21. The van der Waals surface area contributed by atoms with Crippen LogP contribution in [0.2, 0.25) is 5.02 Å². The molecule has 0 aliphatic carbocycles. The Kier molecular flexibility index (Phi) is 8.50. The van der Waals surface area contributed by atoms with E-state index in [4.69, 9.17) is 27.9 Å². The van der Waals surface area contributed by atoms with Crippen LogP contribution in [0, 0.1) is 0 Å². The molecule has 2 aliphatic heterocycles. The molecule has 2 amide bonds. The van der Waals surface area contributed by atoms with Crippen LogP contribution in [0.3, 0.4) is 0 Å². The van der Waals surface area contributed by atoms with Gasteiger partial charge in [-0.3, -0.25) is 14.6 Å². The SMILES string of the molecule is COCC(NC(=O)c1ccc(C(=O)N2CC=CC2)c(Cl)c1)C1=NC/C=C(Cl)\C=C/C(C)N1. The van der Waals surface area contributed by atoms with Crippen molar-refractivity contribution >= 4 is 40.9 Å². The maximum atomic E-state index is 13.0. The molecule has 32 heavy (non-hydrogen) atoms. The van der Waals surface area contributed by atoms with E-state index >= 15 is 0 Å². The van der Waals surface area contributed by atoms with E-state index in [1.165, 1.54) is 6.07 Å². The van der Waals surface area contributed by atoms with Crippen molar-refractivity contribution in [3.8, 4) is 0 Å². The molecule has 0 saturated carbocycles. The highest BCUT2D eigenvalue weighted by Gasteiger charge is 2.23. The Morgan fingerprint density at radius 2 is 2.06 bits per heavy atom. The van der Waals surface area contributed by atoms with Crippen LogP contribution in [0.4, 0.5) is 0 Å². The molecule has 7 nitrogen and oxygen atoms in total. The first-order valence-corrected chi connectivity index (χ1v) is 11.0. The summed E-state index contributed by atoms with van der Waals surface area (Å²) in [6.07, 6.45) is 9.37. The standard InChI is InChI=1S/C23H26Cl2N4O3/c1-15-5-7-17(24)9-10-26-21(27-15)20(14-32-2)28-22(30)16-6-8-18(19(25)13-16)23(31)29-11-3-4-12-29/h3-9,13,15,20H,10-12,14H2,1-2H3,(H,26,27)(H,28,30)/b7-5-,17-9+. The topological polar surface area (TPSA) is 83.0 Å². The van der Waals surface area contributed by atoms with Gasteiger partial charge in [0, 0.05) is 36.8 Å². The van der Waals surface area contributed by atoms with Crippen molar-refractivity contribution in [2.24, 2.45) is 4.99 Å². The van der Waals surface area contributed by atoms with Crippen LogP contribution in [-0.2, 0) is 4.74 Å². The summed E-state index contributed by atoms with van der Waals surface area (Å²) in [6, 6.07) is 4.12. The van der Waals surface area contributed by atoms with Gasteiger partial charge in [-0.1, -0.05) is 41.4 Å². The summed E-state index contributed by atoms with van der Waals surface area (Å²) >= 11 is 12.5. The number of benzene rings is 1. The first kappa shape index (κ1) is 24.0. The van der Waals surface area contributed by atoms with E-state index in [-0.39, 0.29) is 29.5 Å². The van der Waals surface area contributed by atoms with Crippen molar-refractivity contribution in [1.29, 1.82) is 0 Å². The normalized spacial score (nSPS) is 21.9. The Hall–Kier alpha value is -2.61. The second-order valence-corrected chi connectivity index (χ2v) is 8.31. The number of halogens is 2. The van der Waals surface area contributed by atoms with Gasteiger partial charge in [0.2, 0.25) is 0 Å². The number of amides is 2. The van der Waals surface area contributed by atoms with Crippen LogP contribution in [0.1, 0.15) is 27.6 Å². The summed E-state index contributed by atoms with van der Waals surface area (Å²) in [4.78, 5) is 31.8. The quantitative estimate of drug-likeness (QED) is 0.617. The molecule has 2 heterocycles. The number of rotatable bonds is 6. The molecule has 0 bridgehead atoms. The van der Waals surface area contributed by atoms with Crippen molar-refractivity contribution in [2.75, 3.05) is 33.4 Å². The largest absolute Gasteiger partial charge is 0.382 e. The van der Waals surface area contributed by atoms with Crippen molar-refractivity contribution in [3.05, 3.63) is 69.8 Å². The van der Waals surface area contributed by atoms with Crippen LogP contribution in [0.25, 0.3) is 0 Å². The summed E-state index contributed by atoms with van der Waals surface area (Å²) in [7, 11) is 1.56. The summed E-state index contributed by atoms with van der Waals surface area (Å²) in [6.45, 7) is 3.65. The van der Waals surface area contributed by atoms with Crippen LogP contribution >= 0.6 is 23.2 Å². The number of carbonyl (C=O) groups is 2. The molecule has 9 heteroatoms. The lowest BCUT2D eigenvalue weighted by atomic mass is 10.1. The number of allylic oxidation sites excluding steroid dienone is 2. The molecule has 0 saturated heterocycles. The molecule has 0 fully saturated rings. The zero-order valence-corrected chi connectivity index (χ0v) is 19.5. The third-order valence-electron chi connectivity index (χ3n) is 5.00. The highest BCUT2D eigenvalue weighted by molar-refractivity contribution is 6.34. The Labute approximate surface area is 197 Å². The fourth-order valence-electron chi connectivity index (χ4n) is 3.31. The van der Waals surface area contributed by atoms with Crippen molar-refractivity contribution in [2.45, 2.75) is 19.0 Å². The maximum absolute atomic E-state index is 13.0. The van der Waals surface area contributed by atoms with E-state index < -0.39 is 6.04 Å². The van der Waals surface area contributed by atoms with E-state index in [9.17, 15) is 9.59 Å². The van der Waals surface area contributed by atoms with E-state index in [0.29, 0.717) is 41.6 Å². The zero-order valence-electron chi connectivity index (χ0n) is 18.0. The molecule has 2 unspecified atom stereocenters. The molecule has 3 rings (SSSR count). The zero-order chi connectivity index (χ0) is 23.1. The fraction of sp³-hybridized carbons (Fsp3) is 0.348. The number of ether oxygens (including phenoxy) is 1. The third kappa shape index (κ3) is 6.22. The van der Waals surface area contributed by atoms with E-state index in [1.54, 1.807) is 30.2 Å². The molecule has 2 aliphatic rings. The highest BCUT2D eigenvalue weighted by atomic mass is 35.5. The number of nitrogens with one attached hydrogen (secondary N) is 2. The lowest BCUT2D eigenvalue weighted by Gasteiger charge is -2.23. The number of aliphatic imine (C=N–C) groups is 1. The van der Waals surface area contributed by atoms with Gasteiger partial charge in [0.25, 0.3) is 11.8 Å². The van der Waals surface area contributed by atoms with Gasteiger partial charge in [0.05, 0.1) is 23.7 Å². The Balaban J connectivity index is 1.75. The molecule has 2 atom stereocenters. The predicted molar refractivity (Wildman–Crippen MR) is 128 cm³/mol. The molecular formula is C23H26Cl2N4O3. The summed E-state index contributed by atoms with van der Waals surface area (Å²) < 4.78 is 5.31. The monoisotopic (exact) mass is 476 g/mol. The number of amidine groups is 1. The van der Waals surface area contributed by atoms with Crippen LogP contribution < -0.4 is 10.6 Å². The smallest absolute Gasteiger partial charge is 0.255 e. The van der Waals surface area contributed by atoms with Crippen LogP contribution in [0.15, 0.2) is 58.6 Å². The first-order chi connectivity index (χ1) is 15.4. The van der Waals surface area contributed by atoms with Gasteiger partial charge in [-0.2, -0.15) is 0 Å². The average Bonchev–Trinajstić information content (AvgIpc) is 3.32.